The van der Waals surface area contributed by atoms with E-state index in [1.807, 2.05) is 7.05 Å². The van der Waals surface area contributed by atoms with E-state index in [0.29, 0.717) is 0 Å². The third-order valence-corrected chi connectivity index (χ3v) is 3.33. The van der Waals surface area contributed by atoms with Crippen molar-refractivity contribution in [2.75, 3.05) is 20.1 Å². The highest BCUT2D eigenvalue weighted by Crippen LogP contribution is 2.21. The van der Waals surface area contributed by atoms with E-state index in [1.54, 1.807) is 11.3 Å². The summed E-state index contributed by atoms with van der Waals surface area (Å²) in [5, 5.41) is 6.52. The van der Waals surface area contributed by atoms with E-state index in [0.717, 1.165) is 19.6 Å². The van der Waals surface area contributed by atoms with Gasteiger partial charge in [-0.25, -0.2) is 0 Å². The van der Waals surface area contributed by atoms with Gasteiger partial charge in [-0.3, -0.25) is 0 Å². The number of rotatable bonds is 6. The number of halogens is 1. The highest BCUT2D eigenvalue weighted by atomic mass is 79.9. The Morgan fingerprint density at radius 2 is 2.23 bits per heavy atom. The van der Waals surface area contributed by atoms with Crippen molar-refractivity contribution in [1.29, 1.82) is 0 Å². The van der Waals surface area contributed by atoms with Crippen LogP contribution in [0.1, 0.15) is 11.3 Å². The molecule has 0 atom stereocenters. The summed E-state index contributed by atoms with van der Waals surface area (Å²) >= 11 is 5.24. The van der Waals surface area contributed by atoms with Crippen molar-refractivity contribution in [2.45, 2.75) is 13.0 Å². The van der Waals surface area contributed by atoms with Crippen molar-refractivity contribution in [1.82, 2.24) is 10.6 Å². The normalized spacial score (nSPS) is 10.6. The van der Waals surface area contributed by atoms with Crippen LogP contribution in [0.3, 0.4) is 0 Å². The maximum absolute atomic E-state index is 3.45. The molecule has 0 aromatic carbocycles. The van der Waals surface area contributed by atoms with Gasteiger partial charge in [-0.1, -0.05) is 0 Å². The van der Waals surface area contributed by atoms with Gasteiger partial charge in [-0.05, 0) is 54.6 Å². The van der Waals surface area contributed by atoms with E-state index < -0.39 is 0 Å². The maximum atomic E-state index is 3.45. The third kappa shape index (κ3) is 4.76. The minimum Gasteiger partial charge on any atom is -0.320 e. The minimum absolute atomic E-state index is 0.986. The highest BCUT2D eigenvalue weighted by Gasteiger charge is 1.95. The van der Waals surface area contributed by atoms with Crippen molar-refractivity contribution in [2.24, 2.45) is 0 Å². The lowest BCUT2D eigenvalue weighted by Crippen LogP contribution is -2.18. The van der Waals surface area contributed by atoms with Crippen LogP contribution in [0, 0.1) is 0 Å². The lowest BCUT2D eigenvalue weighted by molar-refractivity contribution is 0.629. The van der Waals surface area contributed by atoms with Crippen LogP contribution in [-0.2, 0) is 6.54 Å². The van der Waals surface area contributed by atoms with Crippen LogP contribution in [0.25, 0.3) is 0 Å². The van der Waals surface area contributed by atoms with Crippen molar-refractivity contribution in [3.05, 3.63) is 20.8 Å². The van der Waals surface area contributed by atoms with Gasteiger partial charge in [0.2, 0.25) is 0 Å². The van der Waals surface area contributed by atoms with Gasteiger partial charge in [0, 0.05) is 11.4 Å². The van der Waals surface area contributed by atoms with Gasteiger partial charge in [-0.15, -0.1) is 11.3 Å². The quantitative estimate of drug-likeness (QED) is 0.769. The molecule has 0 spiro atoms. The first kappa shape index (κ1) is 11.2. The summed E-state index contributed by atoms with van der Waals surface area (Å²) in [5.41, 5.74) is 0. The molecule has 1 rings (SSSR count). The molecule has 2 nitrogen and oxygen atoms in total. The molecule has 0 aliphatic rings. The zero-order valence-corrected chi connectivity index (χ0v) is 10.2. The van der Waals surface area contributed by atoms with Crippen LogP contribution in [0.4, 0.5) is 0 Å². The molecule has 1 aromatic rings. The first-order chi connectivity index (χ1) is 6.33. The lowest BCUT2D eigenvalue weighted by atomic mass is 10.4. The average molecular weight is 263 g/mol. The fraction of sp³-hybridized carbons (Fsp3) is 0.556. The van der Waals surface area contributed by atoms with Crippen LogP contribution in [0.5, 0.6) is 0 Å². The van der Waals surface area contributed by atoms with Crippen molar-refractivity contribution < 1.29 is 0 Å². The maximum Gasteiger partial charge on any atom is 0.0701 e. The van der Waals surface area contributed by atoms with Gasteiger partial charge in [0.05, 0.1) is 3.79 Å². The van der Waals surface area contributed by atoms with Crippen LogP contribution in [0.2, 0.25) is 0 Å². The zero-order chi connectivity index (χ0) is 9.52. The number of thiophene rings is 1. The molecule has 1 heterocycles. The monoisotopic (exact) mass is 262 g/mol. The number of nitrogens with one attached hydrogen (secondary N) is 2. The molecule has 74 valence electrons. The van der Waals surface area contributed by atoms with Gasteiger partial charge in [0.15, 0.2) is 0 Å². The Bertz CT molecular complexity index is 237. The molecule has 1 aromatic heterocycles. The Hall–Kier alpha value is 0.1000. The Labute approximate surface area is 91.9 Å². The second kappa shape index (κ2) is 6.54. The van der Waals surface area contributed by atoms with Gasteiger partial charge in [0.25, 0.3) is 0 Å². The molecule has 0 aliphatic heterocycles. The molecular weight excluding hydrogens is 248 g/mol. The van der Waals surface area contributed by atoms with E-state index in [4.69, 9.17) is 0 Å². The Kier molecular flexibility index (Phi) is 5.62. The molecule has 4 heteroatoms. The summed E-state index contributed by atoms with van der Waals surface area (Å²) < 4.78 is 1.21. The predicted octanol–water partition coefficient (Wildman–Crippen LogP) is 2.21. The summed E-state index contributed by atoms with van der Waals surface area (Å²) in [5.74, 6) is 0. The molecule has 0 bridgehead atoms. The van der Waals surface area contributed by atoms with Gasteiger partial charge < -0.3 is 10.6 Å². The summed E-state index contributed by atoms with van der Waals surface area (Å²) in [6.07, 6.45) is 1.18. The fourth-order valence-electron chi connectivity index (χ4n) is 1.05. The van der Waals surface area contributed by atoms with Crippen LogP contribution in [-0.4, -0.2) is 20.1 Å². The molecule has 0 fully saturated rings. The Balaban J connectivity index is 2.06. The summed E-state index contributed by atoms with van der Waals surface area (Å²) in [6.45, 7) is 3.15. The summed E-state index contributed by atoms with van der Waals surface area (Å²) in [7, 11) is 1.98. The van der Waals surface area contributed by atoms with E-state index in [-0.39, 0.29) is 0 Å². The molecule has 0 amide bonds. The van der Waals surface area contributed by atoms with Gasteiger partial charge in [0.1, 0.15) is 0 Å². The van der Waals surface area contributed by atoms with Gasteiger partial charge in [-0.2, -0.15) is 0 Å². The van der Waals surface area contributed by atoms with E-state index in [9.17, 15) is 0 Å². The molecule has 0 radical (unpaired) electrons. The highest BCUT2D eigenvalue weighted by molar-refractivity contribution is 9.11. The van der Waals surface area contributed by atoms with Crippen LogP contribution >= 0.6 is 27.3 Å². The number of hydrogen-bond donors (Lipinski definition) is 2. The summed E-state index contributed by atoms with van der Waals surface area (Å²) in [4.78, 5) is 1.39. The molecule has 2 N–H and O–H groups in total. The molecule has 0 unspecified atom stereocenters. The Morgan fingerprint density at radius 1 is 1.38 bits per heavy atom. The Morgan fingerprint density at radius 3 is 2.85 bits per heavy atom. The minimum atomic E-state index is 0.986. The van der Waals surface area contributed by atoms with E-state index in [2.05, 4.69) is 38.7 Å². The van der Waals surface area contributed by atoms with E-state index >= 15 is 0 Å². The second-order valence-corrected chi connectivity index (χ2v) is 5.39. The van der Waals surface area contributed by atoms with Crippen LogP contribution < -0.4 is 10.6 Å². The van der Waals surface area contributed by atoms with Crippen molar-refractivity contribution in [3.8, 4) is 0 Å². The first-order valence-electron chi connectivity index (χ1n) is 4.42. The van der Waals surface area contributed by atoms with Crippen molar-refractivity contribution >= 4 is 27.3 Å². The van der Waals surface area contributed by atoms with Crippen molar-refractivity contribution in [3.63, 3.8) is 0 Å². The fourth-order valence-corrected chi connectivity index (χ4v) is 2.50. The molecule has 0 aliphatic carbocycles. The topological polar surface area (TPSA) is 24.1 Å². The molecule has 13 heavy (non-hydrogen) atoms. The van der Waals surface area contributed by atoms with Gasteiger partial charge >= 0.3 is 0 Å². The number of hydrogen-bond acceptors (Lipinski definition) is 3. The second-order valence-electron chi connectivity index (χ2n) is 2.84. The smallest absolute Gasteiger partial charge is 0.0701 e. The predicted molar refractivity (Wildman–Crippen MR) is 62.3 cm³/mol. The molecule has 0 saturated carbocycles. The zero-order valence-electron chi connectivity index (χ0n) is 7.77. The van der Waals surface area contributed by atoms with Crippen LogP contribution in [0.15, 0.2) is 15.9 Å². The molecule has 0 saturated heterocycles. The first-order valence-corrected chi connectivity index (χ1v) is 6.03. The standard InChI is InChI=1S/C9H15BrN2S/c1-11-5-2-6-12-7-8-3-4-9(10)13-8/h3-4,11-12H,2,5-7H2,1H3. The largest absolute Gasteiger partial charge is 0.320 e. The third-order valence-electron chi connectivity index (χ3n) is 1.71. The molecular formula is C9H15BrN2S. The lowest BCUT2D eigenvalue weighted by Gasteiger charge is -2.01. The van der Waals surface area contributed by atoms with E-state index in [1.165, 1.54) is 15.1 Å². The SMILES string of the molecule is CNCCCNCc1ccc(Br)s1. The summed E-state index contributed by atoms with van der Waals surface area (Å²) in [6, 6.07) is 4.25. The average Bonchev–Trinajstić information content (AvgIpc) is 2.51.